The summed E-state index contributed by atoms with van der Waals surface area (Å²) in [5, 5.41) is 0. The number of epoxide rings is 1. The van der Waals surface area contributed by atoms with E-state index >= 15 is 0 Å². The van der Waals surface area contributed by atoms with Crippen molar-refractivity contribution in [1.29, 1.82) is 0 Å². The number of nitrogens with zero attached hydrogens (tertiary/aromatic N) is 1. The van der Waals surface area contributed by atoms with Crippen molar-refractivity contribution >= 4 is 6.08 Å². The van der Waals surface area contributed by atoms with Crippen LogP contribution in [0, 0.1) is 5.92 Å². The van der Waals surface area contributed by atoms with Gasteiger partial charge in [-0.05, 0) is 65.7 Å². The molecule has 0 aromatic carbocycles. The van der Waals surface area contributed by atoms with E-state index in [2.05, 4.69) is 38.8 Å². The average Bonchev–Trinajstić information content (AvgIpc) is 3.00. The summed E-state index contributed by atoms with van der Waals surface area (Å²) in [6.45, 7) is 8.56. The Labute approximate surface area is 116 Å². The topological polar surface area (TPSA) is 42.0 Å². The first kappa shape index (κ1) is 14.5. The van der Waals surface area contributed by atoms with Crippen LogP contribution in [0.1, 0.15) is 59.8 Å². The number of hydrogen-bond donors (Lipinski definition) is 0. The Hall–Kier alpha value is -0.920. The van der Waals surface area contributed by atoms with Crippen LogP contribution in [0.15, 0.2) is 16.6 Å². The highest BCUT2D eigenvalue weighted by molar-refractivity contribution is 5.34. The molecule has 1 heterocycles. The molecule has 2 atom stereocenters. The fourth-order valence-corrected chi connectivity index (χ4v) is 3.29. The molecule has 0 aromatic heterocycles. The second-order valence-electron chi connectivity index (χ2n) is 6.78. The van der Waals surface area contributed by atoms with E-state index in [0.29, 0.717) is 12.0 Å². The lowest BCUT2D eigenvalue weighted by atomic mass is 9.72. The van der Waals surface area contributed by atoms with Gasteiger partial charge in [0.2, 0.25) is 6.08 Å². The highest BCUT2D eigenvalue weighted by atomic mass is 16.6. The van der Waals surface area contributed by atoms with Gasteiger partial charge in [-0.25, -0.2) is 4.79 Å². The number of isocyanates is 1. The highest BCUT2D eigenvalue weighted by Crippen LogP contribution is 2.51. The first-order valence-electron chi connectivity index (χ1n) is 7.30. The summed E-state index contributed by atoms with van der Waals surface area (Å²) in [7, 11) is 0. The third-order valence-corrected chi connectivity index (χ3v) is 4.91. The van der Waals surface area contributed by atoms with E-state index in [0.717, 1.165) is 32.1 Å². The molecule has 3 nitrogen and oxygen atoms in total. The first-order valence-corrected chi connectivity index (χ1v) is 7.30. The number of carbonyl (C=O) groups excluding carboxylic acids is 1. The summed E-state index contributed by atoms with van der Waals surface area (Å²) in [4.78, 5) is 14.4. The van der Waals surface area contributed by atoms with E-state index in [1.54, 1.807) is 6.08 Å². The lowest BCUT2D eigenvalue weighted by Gasteiger charge is -2.35. The van der Waals surface area contributed by atoms with Crippen molar-refractivity contribution in [2.45, 2.75) is 77.0 Å². The van der Waals surface area contributed by atoms with Crippen molar-refractivity contribution in [3.8, 4) is 0 Å². The molecule has 0 unspecified atom stereocenters. The lowest BCUT2D eigenvalue weighted by Crippen LogP contribution is -2.35. The van der Waals surface area contributed by atoms with Crippen LogP contribution in [0.25, 0.3) is 0 Å². The molecule has 0 N–H and O–H groups in total. The molecule has 0 amide bonds. The molecule has 1 aliphatic heterocycles. The van der Waals surface area contributed by atoms with Crippen molar-refractivity contribution in [3.63, 3.8) is 0 Å². The SMILES string of the molecule is CC(C)=CC[C@@H]1O[C@@]1(C)C1CCC(C)(N=C=O)CC1. The third kappa shape index (κ3) is 3.16. The molecule has 106 valence electrons. The smallest absolute Gasteiger partial charge is 0.235 e. The average molecular weight is 263 g/mol. The van der Waals surface area contributed by atoms with Crippen molar-refractivity contribution in [2.75, 3.05) is 0 Å². The Morgan fingerprint density at radius 2 is 2.00 bits per heavy atom. The number of aliphatic imine (C=N–C) groups is 1. The molecule has 1 saturated heterocycles. The van der Waals surface area contributed by atoms with E-state index in [-0.39, 0.29) is 11.1 Å². The minimum absolute atomic E-state index is 0.0537. The predicted molar refractivity (Wildman–Crippen MR) is 75.8 cm³/mol. The second-order valence-corrected chi connectivity index (χ2v) is 6.78. The quantitative estimate of drug-likeness (QED) is 0.335. The summed E-state index contributed by atoms with van der Waals surface area (Å²) >= 11 is 0. The minimum Gasteiger partial charge on any atom is -0.366 e. The molecule has 2 aliphatic rings. The minimum atomic E-state index is -0.182. The molecule has 3 heteroatoms. The molecule has 19 heavy (non-hydrogen) atoms. The zero-order valence-electron chi connectivity index (χ0n) is 12.5. The van der Waals surface area contributed by atoms with Crippen LogP contribution in [0.3, 0.4) is 0 Å². The fourth-order valence-electron chi connectivity index (χ4n) is 3.29. The van der Waals surface area contributed by atoms with Gasteiger partial charge in [-0.1, -0.05) is 11.6 Å². The zero-order chi connectivity index (χ0) is 14.1. The van der Waals surface area contributed by atoms with Crippen molar-refractivity contribution in [1.82, 2.24) is 0 Å². The predicted octanol–water partition coefficient (Wildman–Crippen LogP) is 3.78. The molecule has 1 saturated carbocycles. The maximum atomic E-state index is 10.4. The zero-order valence-corrected chi connectivity index (χ0v) is 12.5. The Bertz CT molecular complexity index is 410. The van der Waals surface area contributed by atoms with Crippen LogP contribution < -0.4 is 0 Å². The molecule has 1 aliphatic carbocycles. The second kappa shape index (κ2) is 5.22. The molecule has 0 spiro atoms. The largest absolute Gasteiger partial charge is 0.366 e. The van der Waals surface area contributed by atoms with Gasteiger partial charge >= 0.3 is 0 Å². The monoisotopic (exact) mass is 263 g/mol. The lowest BCUT2D eigenvalue weighted by molar-refractivity contribution is 0.156. The number of hydrogen-bond acceptors (Lipinski definition) is 3. The van der Waals surface area contributed by atoms with Crippen molar-refractivity contribution in [3.05, 3.63) is 11.6 Å². The van der Waals surface area contributed by atoms with Crippen molar-refractivity contribution < 1.29 is 9.53 Å². The van der Waals surface area contributed by atoms with E-state index in [9.17, 15) is 4.79 Å². The van der Waals surface area contributed by atoms with E-state index < -0.39 is 0 Å². The normalized spacial score (nSPS) is 41.3. The summed E-state index contributed by atoms with van der Waals surface area (Å²) in [6.07, 6.45) is 9.54. The van der Waals surface area contributed by atoms with Crippen LogP contribution in [0.4, 0.5) is 0 Å². The van der Waals surface area contributed by atoms with Gasteiger partial charge in [-0.2, -0.15) is 4.99 Å². The summed E-state index contributed by atoms with van der Waals surface area (Å²) in [5.41, 5.74) is 1.23. The molecular formula is C16H25NO2. The Morgan fingerprint density at radius 1 is 1.37 bits per heavy atom. The maximum Gasteiger partial charge on any atom is 0.235 e. The number of rotatable bonds is 4. The number of allylic oxidation sites excluding steroid dienone is 1. The summed E-state index contributed by atoms with van der Waals surface area (Å²) < 4.78 is 5.97. The van der Waals surface area contributed by atoms with Crippen LogP contribution in [0.5, 0.6) is 0 Å². The van der Waals surface area contributed by atoms with Gasteiger partial charge in [0.25, 0.3) is 0 Å². The van der Waals surface area contributed by atoms with Crippen LogP contribution in [-0.4, -0.2) is 23.3 Å². The molecular weight excluding hydrogens is 238 g/mol. The first-order chi connectivity index (χ1) is 8.89. The van der Waals surface area contributed by atoms with Gasteiger partial charge in [0.05, 0.1) is 17.2 Å². The molecule has 2 fully saturated rings. The van der Waals surface area contributed by atoms with E-state index in [1.165, 1.54) is 5.57 Å². The van der Waals surface area contributed by atoms with Crippen LogP contribution in [-0.2, 0) is 9.53 Å². The van der Waals surface area contributed by atoms with Gasteiger partial charge in [-0.15, -0.1) is 0 Å². The fraction of sp³-hybridized carbons (Fsp3) is 0.812. The van der Waals surface area contributed by atoms with Gasteiger partial charge < -0.3 is 4.74 Å². The molecule has 0 radical (unpaired) electrons. The van der Waals surface area contributed by atoms with E-state index in [4.69, 9.17) is 4.74 Å². The van der Waals surface area contributed by atoms with Gasteiger partial charge in [-0.3, -0.25) is 0 Å². The Balaban J connectivity index is 1.89. The highest BCUT2D eigenvalue weighted by Gasteiger charge is 2.57. The maximum absolute atomic E-state index is 10.4. The molecule has 0 aromatic rings. The van der Waals surface area contributed by atoms with Gasteiger partial charge in [0, 0.05) is 0 Å². The Kier molecular flexibility index (Phi) is 3.98. The van der Waals surface area contributed by atoms with Crippen LogP contribution >= 0.6 is 0 Å². The standard InChI is InChI=1S/C16H25NO2/c1-12(2)5-6-14-16(4,19-14)13-7-9-15(3,10-8-13)17-11-18/h5,13-14H,6-10H2,1-4H3/t13?,14-,15?,16-/m0/s1. The van der Waals surface area contributed by atoms with Gasteiger partial charge in [0.15, 0.2) is 0 Å². The summed E-state index contributed by atoms with van der Waals surface area (Å²) in [6, 6.07) is 0. The molecule has 0 bridgehead atoms. The third-order valence-electron chi connectivity index (χ3n) is 4.91. The van der Waals surface area contributed by atoms with Gasteiger partial charge in [0.1, 0.15) is 0 Å². The van der Waals surface area contributed by atoms with Crippen molar-refractivity contribution in [2.24, 2.45) is 10.9 Å². The molecule has 2 rings (SSSR count). The number of ether oxygens (including phenoxy) is 1. The summed E-state index contributed by atoms with van der Waals surface area (Å²) in [5.74, 6) is 0.609. The Morgan fingerprint density at radius 3 is 2.53 bits per heavy atom. The van der Waals surface area contributed by atoms with E-state index in [1.807, 2.05) is 0 Å². The van der Waals surface area contributed by atoms with Crippen LogP contribution in [0.2, 0.25) is 0 Å².